The van der Waals surface area contributed by atoms with E-state index < -0.39 is 24.5 Å². The van der Waals surface area contributed by atoms with E-state index in [2.05, 4.69) is 10.6 Å². The molecule has 9 heteroatoms. The van der Waals surface area contributed by atoms with Gasteiger partial charge in [0.05, 0.1) is 18.6 Å². The molecule has 0 aliphatic carbocycles. The normalized spacial score (nSPS) is 10.4. The molecule has 0 atom stereocenters. The summed E-state index contributed by atoms with van der Waals surface area (Å²) in [7, 11) is 0. The fourth-order valence-electron chi connectivity index (χ4n) is 2.40. The number of carbonyl (C=O) groups is 4. The lowest BCUT2D eigenvalue weighted by Gasteiger charge is -2.09. The molecule has 2 N–H and O–H groups in total. The second-order valence-corrected chi connectivity index (χ2v) is 7.77. The molecule has 0 radical (unpaired) electrons. The van der Waals surface area contributed by atoms with Gasteiger partial charge in [0, 0.05) is 22.8 Å². The van der Waals surface area contributed by atoms with Crippen LogP contribution in [0.1, 0.15) is 37.0 Å². The molecule has 2 aromatic carbocycles. The van der Waals surface area contributed by atoms with Gasteiger partial charge in [-0.15, -0.1) is 0 Å². The maximum atomic E-state index is 11.9. The van der Waals surface area contributed by atoms with Crippen LogP contribution in [0, 0.1) is 5.92 Å². The molecule has 0 saturated carbocycles. The van der Waals surface area contributed by atoms with Crippen molar-refractivity contribution >= 4 is 46.7 Å². The molecular weight excluding hydrogens is 436 g/mol. The summed E-state index contributed by atoms with van der Waals surface area (Å²) in [6.45, 7) is 3.71. The Morgan fingerprint density at radius 3 is 1.97 bits per heavy atom. The summed E-state index contributed by atoms with van der Waals surface area (Å²) in [5.41, 5.74) is 1.37. The number of anilines is 2. The second kappa shape index (κ2) is 12.5. The Hall–Kier alpha value is -3.39. The van der Waals surface area contributed by atoms with Gasteiger partial charge in [-0.3, -0.25) is 14.4 Å². The maximum Gasteiger partial charge on any atom is 0.338 e. The predicted molar refractivity (Wildman–Crippen MR) is 120 cm³/mol. The monoisotopic (exact) mass is 460 g/mol. The van der Waals surface area contributed by atoms with Gasteiger partial charge >= 0.3 is 11.9 Å². The molecule has 0 aromatic heterocycles. The van der Waals surface area contributed by atoms with Gasteiger partial charge in [0.25, 0.3) is 5.91 Å². The van der Waals surface area contributed by atoms with E-state index in [1.807, 2.05) is 13.8 Å². The first-order chi connectivity index (χ1) is 15.2. The largest absolute Gasteiger partial charge is 0.462 e. The van der Waals surface area contributed by atoms with Gasteiger partial charge in [0.1, 0.15) is 0 Å². The third-order valence-electron chi connectivity index (χ3n) is 4.00. The topological polar surface area (TPSA) is 111 Å². The van der Waals surface area contributed by atoms with Crippen molar-refractivity contribution in [3.05, 3.63) is 59.1 Å². The number of nitrogens with one attached hydrogen (secondary N) is 2. The van der Waals surface area contributed by atoms with Crippen LogP contribution in [0.5, 0.6) is 0 Å². The lowest BCUT2D eigenvalue weighted by molar-refractivity contribution is -0.147. The van der Waals surface area contributed by atoms with E-state index in [1.54, 1.807) is 36.4 Å². The standard InChI is InChI=1S/C23H25ClN2O6/c1-15(2)13-32-23(30)16-3-7-18(8-4-16)26-21(28)14-31-22(29)12-11-20(27)25-19-9-5-17(24)6-10-19/h3-10,15H,11-14H2,1-2H3,(H,25,27)(H,26,28). The zero-order chi connectivity index (χ0) is 23.5. The molecule has 0 saturated heterocycles. The van der Waals surface area contributed by atoms with E-state index in [0.29, 0.717) is 28.6 Å². The molecule has 0 unspecified atom stereocenters. The molecule has 2 aromatic rings. The van der Waals surface area contributed by atoms with Crippen LogP contribution in [0.3, 0.4) is 0 Å². The van der Waals surface area contributed by atoms with E-state index >= 15 is 0 Å². The highest BCUT2D eigenvalue weighted by atomic mass is 35.5. The van der Waals surface area contributed by atoms with Crippen molar-refractivity contribution in [2.75, 3.05) is 23.8 Å². The fraction of sp³-hybridized carbons (Fsp3) is 0.304. The lowest BCUT2D eigenvalue weighted by Crippen LogP contribution is -2.21. The summed E-state index contributed by atoms with van der Waals surface area (Å²) >= 11 is 5.78. The average Bonchev–Trinajstić information content (AvgIpc) is 2.76. The van der Waals surface area contributed by atoms with Crippen LogP contribution in [0.4, 0.5) is 11.4 Å². The molecule has 2 rings (SSSR count). The molecule has 8 nitrogen and oxygen atoms in total. The third-order valence-corrected chi connectivity index (χ3v) is 4.25. The Morgan fingerprint density at radius 1 is 0.812 bits per heavy atom. The van der Waals surface area contributed by atoms with E-state index in [4.69, 9.17) is 21.1 Å². The van der Waals surface area contributed by atoms with Crippen molar-refractivity contribution in [3.8, 4) is 0 Å². The van der Waals surface area contributed by atoms with Crippen molar-refractivity contribution in [3.63, 3.8) is 0 Å². The molecule has 0 fully saturated rings. The summed E-state index contributed by atoms with van der Waals surface area (Å²) in [5.74, 6) is -1.78. The molecule has 0 bridgehead atoms. The zero-order valence-corrected chi connectivity index (χ0v) is 18.6. The Bertz CT molecular complexity index is 942. The van der Waals surface area contributed by atoms with E-state index in [1.165, 1.54) is 12.1 Å². The molecule has 0 aliphatic rings. The minimum absolute atomic E-state index is 0.0859. The highest BCUT2D eigenvalue weighted by molar-refractivity contribution is 6.30. The van der Waals surface area contributed by atoms with Gasteiger partial charge in [-0.05, 0) is 54.4 Å². The van der Waals surface area contributed by atoms with Crippen LogP contribution < -0.4 is 10.6 Å². The summed E-state index contributed by atoms with van der Waals surface area (Å²) in [6.07, 6.45) is -0.253. The SMILES string of the molecule is CC(C)COC(=O)c1ccc(NC(=O)COC(=O)CCC(=O)Nc2ccc(Cl)cc2)cc1. The van der Waals surface area contributed by atoms with Crippen molar-refractivity contribution in [1.29, 1.82) is 0 Å². The number of ether oxygens (including phenoxy) is 2. The molecule has 32 heavy (non-hydrogen) atoms. The maximum absolute atomic E-state index is 11.9. The van der Waals surface area contributed by atoms with Gasteiger partial charge in [-0.2, -0.15) is 0 Å². The number of halogens is 1. The first-order valence-electron chi connectivity index (χ1n) is 10.0. The lowest BCUT2D eigenvalue weighted by atomic mass is 10.2. The first-order valence-corrected chi connectivity index (χ1v) is 10.4. The van der Waals surface area contributed by atoms with Gasteiger partial charge in [-0.1, -0.05) is 25.4 Å². The first kappa shape index (κ1) is 24.9. The molecule has 0 aliphatic heterocycles. The smallest absolute Gasteiger partial charge is 0.338 e. The van der Waals surface area contributed by atoms with Crippen molar-refractivity contribution in [2.45, 2.75) is 26.7 Å². The van der Waals surface area contributed by atoms with Gasteiger partial charge in [0.15, 0.2) is 6.61 Å². The van der Waals surface area contributed by atoms with E-state index in [-0.39, 0.29) is 24.7 Å². The third kappa shape index (κ3) is 9.18. The molecule has 2 amide bonds. The number of amides is 2. The quantitative estimate of drug-likeness (QED) is 0.517. The number of benzene rings is 2. The van der Waals surface area contributed by atoms with Gasteiger partial charge < -0.3 is 20.1 Å². The number of esters is 2. The fourth-order valence-corrected chi connectivity index (χ4v) is 2.53. The average molecular weight is 461 g/mol. The summed E-state index contributed by atoms with van der Waals surface area (Å²) < 4.78 is 10.0. The zero-order valence-electron chi connectivity index (χ0n) is 17.9. The Morgan fingerprint density at radius 2 is 1.38 bits per heavy atom. The van der Waals surface area contributed by atoms with Gasteiger partial charge in [-0.25, -0.2) is 4.79 Å². The van der Waals surface area contributed by atoms with Crippen LogP contribution in [0.2, 0.25) is 5.02 Å². The van der Waals surface area contributed by atoms with Gasteiger partial charge in [0.2, 0.25) is 5.91 Å². The summed E-state index contributed by atoms with van der Waals surface area (Å²) in [5, 5.41) is 5.73. The number of hydrogen-bond acceptors (Lipinski definition) is 6. The van der Waals surface area contributed by atoms with Crippen molar-refractivity contribution in [1.82, 2.24) is 0 Å². The second-order valence-electron chi connectivity index (χ2n) is 7.33. The molecule has 0 spiro atoms. The predicted octanol–water partition coefficient (Wildman–Crippen LogP) is 4.05. The number of hydrogen-bond donors (Lipinski definition) is 2. The molecule has 0 heterocycles. The van der Waals surface area contributed by atoms with Crippen LogP contribution in [-0.2, 0) is 23.9 Å². The van der Waals surface area contributed by atoms with Crippen LogP contribution >= 0.6 is 11.6 Å². The van der Waals surface area contributed by atoms with Crippen LogP contribution in [0.15, 0.2) is 48.5 Å². The van der Waals surface area contributed by atoms with Crippen LogP contribution in [-0.4, -0.2) is 37.0 Å². The number of carbonyl (C=O) groups excluding carboxylic acids is 4. The van der Waals surface area contributed by atoms with E-state index in [0.717, 1.165) is 0 Å². The summed E-state index contributed by atoms with van der Waals surface area (Å²) in [6, 6.07) is 12.7. The minimum atomic E-state index is -0.672. The van der Waals surface area contributed by atoms with Crippen molar-refractivity contribution in [2.24, 2.45) is 5.92 Å². The van der Waals surface area contributed by atoms with Crippen LogP contribution in [0.25, 0.3) is 0 Å². The molecular formula is C23H25ClN2O6. The molecule has 170 valence electrons. The summed E-state index contributed by atoms with van der Waals surface area (Å²) in [4.78, 5) is 47.5. The number of rotatable bonds is 10. The van der Waals surface area contributed by atoms with E-state index in [9.17, 15) is 19.2 Å². The Labute approximate surface area is 191 Å². The minimum Gasteiger partial charge on any atom is -0.462 e. The highest BCUT2D eigenvalue weighted by Gasteiger charge is 2.12. The Balaban J connectivity index is 1.68. The van der Waals surface area contributed by atoms with Crippen molar-refractivity contribution < 1.29 is 28.7 Å². The highest BCUT2D eigenvalue weighted by Crippen LogP contribution is 2.14. The Kier molecular flexibility index (Phi) is 9.69.